The molecule has 0 spiro atoms. The van der Waals surface area contributed by atoms with Crippen LogP contribution in [0, 0.1) is 5.92 Å². The third-order valence-electron chi connectivity index (χ3n) is 5.51. The number of carbonyl (C=O) groups excluding carboxylic acids is 4. The molecule has 156 valence electrons. The summed E-state index contributed by atoms with van der Waals surface area (Å²) in [4.78, 5) is 50.1. The summed E-state index contributed by atoms with van der Waals surface area (Å²) in [5.41, 5.74) is 1.94. The molecule has 29 heavy (non-hydrogen) atoms. The predicted octanol–water partition coefficient (Wildman–Crippen LogP) is 1.81. The van der Waals surface area contributed by atoms with Gasteiger partial charge in [0.25, 0.3) is 5.91 Å². The highest BCUT2D eigenvalue weighted by molar-refractivity contribution is 6.10. The van der Waals surface area contributed by atoms with E-state index < -0.39 is 36.0 Å². The summed E-state index contributed by atoms with van der Waals surface area (Å²) in [5, 5.41) is 7.44. The number of hydrogen-bond donors (Lipinski definition) is 3. The smallest absolute Gasteiger partial charge is 0.325 e. The quantitative estimate of drug-likeness (QED) is 0.633. The monoisotopic (exact) mass is 400 g/mol. The Morgan fingerprint density at radius 1 is 1.21 bits per heavy atom. The fourth-order valence-corrected chi connectivity index (χ4v) is 3.75. The lowest BCUT2D eigenvalue weighted by molar-refractivity contribution is -0.134. The minimum absolute atomic E-state index is 0.425. The minimum atomic E-state index is -1.23. The molecule has 0 bridgehead atoms. The number of imide groups is 2. The Hall–Kier alpha value is -2.90. The highest BCUT2D eigenvalue weighted by Gasteiger charge is 2.49. The van der Waals surface area contributed by atoms with E-state index in [1.807, 2.05) is 32.0 Å². The molecule has 1 aliphatic carbocycles. The molecule has 1 aromatic carbocycles. The molecule has 0 unspecified atom stereocenters. The molecular weight excluding hydrogens is 372 g/mol. The van der Waals surface area contributed by atoms with Gasteiger partial charge in [-0.15, -0.1) is 0 Å². The van der Waals surface area contributed by atoms with E-state index in [9.17, 15) is 19.2 Å². The van der Waals surface area contributed by atoms with E-state index >= 15 is 0 Å². The zero-order valence-electron chi connectivity index (χ0n) is 17.1. The van der Waals surface area contributed by atoms with E-state index in [1.54, 1.807) is 6.92 Å². The molecule has 1 aliphatic heterocycles. The van der Waals surface area contributed by atoms with Gasteiger partial charge in [0.15, 0.2) is 0 Å². The van der Waals surface area contributed by atoms with E-state index in [4.69, 9.17) is 0 Å². The number of hydrogen-bond acceptors (Lipinski definition) is 4. The van der Waals surface area contributed by atoms with Crippen LogP contribution in [0.4, 0.5) is 9.59 Å². The van der Waals surface area contributed by atoms with Crippen LogP contribution in [0.3, 0.4) is 0 Å². The van der Waals surface area contributed by atoms with Crippen LogP contribution in [0.25, 0.3) is 0 Å². The number of benzene rings is 1. The highest BCUT2D eigenvalue weighted by Crippen LogP contribution is 2.32. The first kappa shape index (κ1) is 20.8. The Morgan fingerprint density at radius 2 is 1.93 bits per heavy atom. The van der Waals surface area contributed by atoms with Crippen LogP contribution in [0.1, 0.15) is 50.3 Å². The first-order valence-electron chi connectivity index (χ1n) is 10.0. The molecule has 0 radical (unpaired) electrons. The van der Waals surface area contributed by atoms with Crippen molar-refractivity contribution in [1.29, 1.82) is 0 Å². The Morgan fingerprint density at radius 3 is 2.66 bits per heavy atom. The maximum absolute atomic E-state index is 13.0. The average molecular weight is 400 g/mol. The van der Waals surface area contributed by atoms with Gasteiger partial charge in [0.1, 0.15) is 12.1 Å². The van der Waals surface area contributed by atoms with Crippen LogP contribution >= 0.6 is 0 Å². The molecule has 3 N–H and O–H groups in total. The van der Waals surface area contributed by atoms with Gasteiger partial charge < -0.3 is 10.6 Å². The lowest BCUT2D eigenvalue weighted by Gasteiger charge is -2.23. The Labute approximate surface area is 170 Å². The van der Waals surface area contributed by atoms with Gasteiger partial charge in [-0.05, 0) is 55.2 Å². The van der Waals surface area contributed by atoms with Crippen molar-refractivity contribution in [2.45, 2.75) is 52.0 Å². The van der Waals surface area contributed by atoms with E-state index in [0.29, 0.717) is 18.0 Å². The molecule has 0 saturated carbocycles. The summed E-state index contributed by atoms with van der Waals surface area (Å²) in [6.07, 6.45) is 3.85. The van der Waals surface area contributed by atoms with Gasteiger partial charge in [-0.25, -0.2) is 9.59 Å². The third kappa shape index (κ3) is 4.41. The zero-order valence-corrected chi connectivity index (χ0v) is 17.1. The third-order valence-corrected chi connectivity index (χ3v) is 5.51. The van der Waals surface area contributed by atoms with Crippen molar-refractivity contribution in [3.05, 3.63) is 34.9 Å². The van der Waals surface area contributed by atoms with Gasteiger partial charge in [-0.3, -0.25) is 19.8 Å². The number of carbonyl (C=O) groups is 4. The van der Waals surface area contributed by atoms with Crippen molar-refractivity contribution in [2.24, 2.45) is 5.92 Å². The second-order valence-electron chi connectivity index (χ2n) is 8.27. The first-order chi connectivity index (χ1) is 13.7. The Kier molecular flexibility index (Phi) is 5.91. The van der Waals surface area contributed by atoms with Gasteiger partial charge in [0.2, 0.25) is 5.91 Å². The van der Waals surface area contributed by atoms with E-state index in [1.165, 1.54) is 11.1 Å². The van der Waals surface area contributed by atoms with Crippen molar-refractivity contribution >= 4 is 23.9 Å². The van der Waals surface area contributed by atoms with Crippen LogP contribution < -0.4 is 16.0 Å². The lowest BCUT2D eigenvalue weighted by Crippen LogP contribution is -2.47. The maximum Gasteiger partial charge on any atom is 0.325 e. The number of amides is 6. The van der Waals surface area contributed by atoms with Crippen LogP contribution in [-0.2, 0) is 28.0 Å². The number of nitrogens with one attached hydrogen (secondary N) is 3. The summed E-state index contributed by atoms with van der Waals surface area (Å²) in [5.74, 6) is -0.793. The molecule has 6 amide bonds. The topological polar surface area (TPSA) is 108 Å². The standard InChI is InChI=1S/C21H28N4O4/c1-13(2)9-10-22-19(28)23-17(26)12-25-18(27)21(3,24-20(25)29)16-8-7-14-5-4-6-15(14)11-16/h7-8,11,13H,4-6,9-10,12H2,1-3H3,(H,24,29)(H2,22,23,26,28)/t21-/m1/s1. The Bertz CT molecular complexity index is 851. The fourth-order valence-electron chi connectivity index (χ4n) is 3.75. The maximum atomic E-state index is 13.0. The van der Waals surface area contributed by atoms with Crippen molar-refractivity contribution < 1.29 is 19.2 Å². The number of urea groups is 2. The van der Waals surface area contributed by atoms with Crippen molar-refractivity contribution in [2.75, 3.05) is 13.1 Å². The highest BCUT2D eigenvalue weighted by atomic mass is 16.2. The SMILES string of the molecule is CC(C)CCNC(=O)NC(=O)CN1C(=O)N[C@](C)(c2ccc3c(c2)CCC3)C1=O. The van der Waals surface area contributed by atoms with Crippen molar-refractivity contribution in [3.63, 3.8) is 0 Å². The summed E-state index contributed by atoms with van der Waals surface area (Å²) >= 11 is 0. The Balaban J connectivity index is 1.63. The van der Waals surface area contributed by atoms with E-state index in [-0.39, 0.29) is 0 Å². The van der Waals surface area contributed by atoms with Gasteiger partial charge in [0.05, 0.1) is 0 Å². The number of rotatable bonds is 6. The molecular formula is C21H28N4O4. The molecule has 0 aromatic heterocycles. The summed E-state index contributed by atoms with van der Waals surface area (Å²) in [6, 6.07) is 4.54. The van der Waals surface area contributed by atoms with E-state index in [2.05, 4.69) is 16.0 Å². The molecule has 2 aliphatic rings. The van der Waals surface area contributed by atoms with Crippen LogP contribution in [-0.4, -0.2) is 41.9 Å². The van der Waals surface area contributed by atoms with Crippen molar-refractivity contribution in [3.8, 4) is 0 Å². The number of aryl methyl sites for hydroxylation is 2. The fraction of sp³-hybridized carbons (Fsp3) is 0.524. The number of fused-ring (bicyclic) bond motifs is 1. The summed E-state index contributed by atoms with van der Waals surface area (Å²) in [6.45, 7) is 5.63. The molecule has 1 saturated heterocycles. The molecule has 8 heteroatoms. The summed E-state index contributed by atoms with van der Waals surface area (Å²) < 4.78 is 0. The largest absolute Gasteiger partial charge is 0.338 e. The summed E-state index contributed by atoms with van der Waals surface area (Å²) in [7, 11) is 0. The normalized spacial score (nSPS) is 20.6. The molecule has 8 nitrogen and oxygen atoms in total. The molecule has 1 heterocycles. The molecule has 1 fully saturated rings. The van der Waals surface area contributed by atoms with Gasteiger partial charge in [-0.1, -0.05) is 32.0 Å². The van der Waals surface area contributed by atoms with Crippen LogP contribution in [0.2, 0.25) is 0 Å². The molecule has 1 aromatic rings. The zero-order chi connectivity index (χ0) is 21.2. The van der Waals surface area contributed by atoms with Gasteiger partial charge in [0, 0.05) is 6.54 Å². The van der Waals surface area contributed by atoms with Gasteiger partial charge >= 0.3 is 12.1 Å². The minimum Gasteiger partial charge on any atom is -0.338 e. The lowest BCUT2D eigenvalue weighted by atomic mass is 9.89. The predicted molar refractivity (Wildman–Crippen MR) is 107 cm³/mol. The molecule has 3 rings (SSSR count). The molecule has 1 atom stereocenters. The second kappa shape index (κ2) is 8.23. The van der Waals surface area contributed by atoms with Gasteiger partial charge in [-0.2, -0.15) is 0 Å². The van der Waals surface area contributed by atoms with E-state index in [0.717, 1.165) is 30.6 Å². The number of nitrogens with zero attached hydrogens (tertiary/aromatic N) is 1. The van der Waals surface area contributed by atoms with Crippen LogP contribution in [0.5, 0.6) is 0 Å². The second-order valence-corrected chi connectivity index (χ2v) is 8.27. The van der Waals surface area contributed by atoms with Crippen LogP contribution in [0.15, 0.2) is 18.2 Å². The average Bonchev–Trinajstić information content (AvgIpc) is 3.19. The van der Waals surface area contributed by atoms with Crippen molar-refractivity contribution in [1.82, 2.24) is 20.9 Å². The first-order valence-corrected chi connectivity index (χ1v) is 10.0.